The molecule has 3 heterocycles. The SMILES string of the molecule is COC(=O)C1=C(C)N(CC2CCCO2)C(=O)C1=Cc1cc(C)n(-c2ccccc2C(F)(F)F)c1C. The second-order valence-electron chi connectivity index (χ2n) is 8.74. The third kappa shape index (κ3) is 4.52. The van der Waals surface area contributed by atoms with Crippen LogP contribution in [0.25, 0.3) is 11.8 Å². The molecular weight excluding hydrogens is 461 g/mol. The van der Waals surface area contributed by atoms with Crippen LogP contribution < -0.4 is 0 Å². The average Bonchev–Trinajstić information content (AvgIpc) is 3.48. The Kier molecular flexibility index (Phi) is 6.64. The van der Waals surface area contributed by atoms with E-state index in [2.05, 4.69) is 0 Å². The molecule has 0 bridgehead atoms. The number of allylic oxidation sites excluding steroid dienone is 1. The van der Waals surface area contributed by atoms with E-state index >= 15 is 0 Å². The highest BCUT2D eigenvalue weighted by Gasteiger charge is 2.39. The highest BCUT2D eigenvalue weighted by atomic mass is 19.4. The summed E-state index contributed by atoms with van der Waals surface area (Å²) in [6, 6.07) is 7.05. The number of alkyl halides is 3. The molecule has 2 aliphatic rings. The van der Waals surface area contributed by atoms with Crippen molar-refractivity contribution >= 4 is 18.0 Å². The number of para-hydroxylation sites is 1. The quantitative estimate of drug-likeness (QED) is 0.441. The summed E-state index contributed by atoms with van der Waals surface area (Å²) < 4.78 is 53.1. The van der Waals surface area contributed by atoms with Crippen molar-refractivity contribution < 1.29 is 32.2 Å². The Hall–Kier alpha value is -3.33. The third-order valence-corrected chi connectivity index (χ3v) is 6.53. The lowest BCUT2D eigenvalue weighted by Gasteiger charge is -2.21. The number of rotatable bonds is 5. The van der Waals surface area contributed by atoms with Crippen molar-refractivity contribution in [3.05, 3.63) is 69.7 Å². The molecule has 1 aromatic heterocycles. The van der Waals surface area contributed by atoms with Gasteiger partial charge in [0.05, 0.1) is 42.2 Å². The molecule has 9 heteroatoms. The number of methoxy groups -OCH3 is 1. The fraction of sp³-hybridized carbons (Fsp3) is 0.385. The van der Waals surface area contributed by atoms with Crippen molar-refractivity contribution in [1.82, 2.24) is 9.47 Å². The minimum absolute atomic E-state index is 0.00248. The van der Waals surface area contributed by atoms with Crippen molar-refractivity contribution in [3.8, 4) is 5.69 Å². The van der Waals surface area contributed by atoms with Gasteiger partial charge in [-0.05, 0) is 63.5 Å². The van der Waals surface area contributed by atoms with Gasteiger partial charge in [-0.2, -0.15) is 13.2 Å². The number of aryl methyl sites for hydroxylation is 1. The number of esters is 1. The Bertz CT molecular complexity index is 1230. The first-order valence-electron chi connectivity index (χ1n) is 11.3. The van der Waals surface area contributed by atoms with Crippen LogP contribution in [0.15, 0.2) is 47.2 Å². The lowest BCUT2D eigenvalue weighted by Crippen LogP contribution is -2.33. The van der Waals surface area contributed by atoms with Gasteiger partial charge in [0, 0.05) is 23.7 Å². The maximum Gasteiger partial charge on any atom is 0.418 e. The summed E-state index contributed by atoms with van der Waals surface area (Å²) >= 11 is 0. The Morgan fingerprint density at radius 1 is 1.23 bits per heavy atom. The highest BCUT2D eigenvalue weighted by Crippen LogP contribution is 2.37. The van der Waals surface area contributed by atoms with E-state index in [-0.39, 0.29) is 28.8 Å². The molecule has 1 amide bonds. The number of aromatic nitrogens is 1. The van der Waals surface area contributed by atoms with E-state index in [1.807, 2.05) is 0 Å². The number of amides is 1. The first-order chi connectivity index (χ1) is 16.5. The van der Waals surface area contributed by atoms with Crippen LogP contribution in [0, 0.1) is 13.8 Å². The number of nitrogens with zero attached hydrogens (tertiary/aromatic N) is 2. The molecule has 1 unspecified atom stereocenters. The topological polar surface area (TPSA) is 60.8 Å². The normalized spacial score (nSPS) is 19.9. The van der Waals surface area contributed by atoms with Crippen molar-refractivity contribution in [2.75, 3.05) is 20.3 Å². The van der Waals surface area contributed by atoms with Crippen molar-refractivity contribution in [2.24, 2.45) is 0 Å². The first-order valence-corrected chi connectivity index (χ1v) is 11.3. The molecule has 2 aromatic rings. The highest BCUT2D eigenvalue weighted by molar-refractivity contribution is 6.16. The smallest absolute Gasteiger partial charge is 0.418 e. The van der Waals surface area contributed by atoms with Crippen LogP contribution in [0.5, 0.6) is 0 Å². The fourth-order valence-electron chi connectivity index (χ4n) is 4.81. The van der Waals surface area contributed by atoms with Crippen LogP contribution in [-0.4, -0.2) is 47.7 Å². The lowest BCUT2D eigenvalue weighted by molar-refractivity contribution is -0.137. The molecule has 4 rings (SSSR count). The third-order valence-electron chi connectivity index (χ3n) is 6.53. The lowest BCUT2D eigenvalue weighted by atomic mass is 10.0. The van der Waals surface area contributed by atoms with Crippen molar-refractivity contribution in [2.45, 2.75) is 45.9 Å². The molecule has 0 spiro atoms. The predicted molar refractivity (Wildman–Crippen MR) is 124 cm³/mol. The van der Waals surface area contributed by atoms with E-state index in [1.165, 1.54) is 28.7 Å². The molecule has 1 atom stereocenters. The minimum Gasteiger partial charge on any atom is -0.465 e. The fourth-order valence-corrected chi connectivity index (χ4v) is 4.81. The summed E-state index contributed by atoms with van der Waals surface area (Å²) in [5.74, 6) is -1.01. The molecule has 35 heavy (non-hydrogen) atoms. The number of hydrogen-bond acceptors (Lipinski definition) is 4. The molecule has 186 valence electrons. The van der Waals surface area contributed by atoms with Gasteiger partial charge in [-0.1, -0.05) is 12.1 Å². The van der Waals surface area contributed by atoms with Gasteiger partial charge in [-0.3, -0.25) is 4.79 Å². The van der Waals surface area contributed by atoms with Crippen LogP contribution in [0.4, 0.5) is 13.2 Å². The molecule has 0 N–H and O–H groups in total. The molecule has 0 aliphatic carbocycles. The molecule has 0 saturated carbocycles. The Balaban J connectivity index is 1.79. The van der Waals surface area contributed by atoms with Crippen LogP contribution in [0.1, 0.15) is 42.3 Å². The van der Waals surface area contributed by atoms with E-state index in [0.717, 1.165) is 18.9 Å². The number of benzene rings is 1. The molecule has 0 radical (unpaired) electrons. The zero-order chi connectivity index (χ0) is 25.5. The van der Waals surface area contributed by atoms with Gasteiger partial charge in [-0.15, -0.1) is 0 Å². The van der Waals surface area contributed by atoms with Gasteiger partial charge in [0.15, 0.2) is 0 Å². The molecule has 1 fully saturated rings. The molecule has 1 saturated heterocycles. The van der Waals surface area contributed by atoms with E-state index < -0.39 is 17.7 Å². The minimum atomic E-state index is -4.53. The van der Waals surface area contributed by atoms with Gasteiger partial charge in [-0.25, -0.2) is 4.79 Å². The summed E-state index contributed by atoms with van der Waals surface area (Å²) in [6.07, 6.45) is -1.35. The maximum atomic E-state index is 13.7. The number of halogens is 3. The Morgan fingerprint density at radius 2 is 1.94 bits per heavy atom. The van der Waals surface area contributed by atoms with Gasteiger partial charge >= 0.3 is 12.1 Å². The van der Waals surface area contributed by atoms with Crippen LogP contribution in [-0.2, 0) is 25.2 Å². The van der Waals surface area contributed by atoms with E-state index in [9.17, 15) is 22.8 Å². The van der Waals surface area contributed by atoms with Gasteiger partial charge < -0.3 is 18.9 Å². The largest absolute Gasteiger partial charge is 0.465 e. The maximum absolute atomic E-state index is 13.7. The molecule has 6 nitrogen and oxygen atoms in total. The summed E-state index contributed by atoms with van der Waals surface area (Å²) in [5, 5.41) is 0. The van der Waals surface area contributed by atoms with Crippen LogP contribution in [0.2, 0.25) is 0 Å². The van der Waals surface area contributed by atoms with E-state index in [1.54, 1.807) is 39.0 Å². The summed E-state index contributed by atoms with van der Waals surface area (Å²) in [7, 11) is 1.24. The zero-order valence-electron chi connectivity index (χ0n) is 20.0. The summed E-state index contributed by atoms with van der Waals surface area (Å²) in [5.41, 5.74) is 1.62. The second kappa shape index (κ2) is 9.37. The Morgan fingerprint density at radius 3 is 2.57 bits per heavy atom. The summed E-state index contributed by atoms with van der Waals surface area (Å²) in [4.78, 5) is 27.5. The number of ether oxygens (including phenoxy) is 2. The standard InChI is InChI=1S/C26H27F3N2O4/c1-15-12-18(16(2)31(15)22-10-6-5-9-21(22)26(27,28)29)13-20-23(25(33)34-4)17(3)30(24(20)32)14-19-8-7-11-35-19/h5-6,9-10,12-13,19H,7-8,11,14H2,1-4H3. The first kappa shape index (κ1) is 24.8. The molecule has 2 aliphatic heterocycles. The van der Waals surface area contributed by atoms with Crippen LogP contribution >= 0.6 is 0 Å². The number of carbonyl (C=O) groups is 2. The van der Waals surface area contributed by atoms with Crippen molar-refractivity contribution in [1.29, 1.82) is 0 Å². The number of carbonyl (C=O) groups excluding carboxylic acids is 2. The second-order valence-corrected chi connectivity index (χ2v) is 8.74. The molecule has 1 aromatic carbocycles. The summed E-state index contributed by atoms with van der Waals surface area (Å²) in [6.45, 7) is 6.02. The zero-order valence-corrected chi connectivity index (χ0v) is 20.0. The van der Waals surface area contributed by atoms with E-state index in [4.69, 9.17) is 9.47 Å². The molecular formula is C26H27F3N2O4. The predicted octanol–water partition coefficient (Wildman–Crippen LogP) is 4.96. The van der Waals surface area contributed by atoms with Gasteiger partial charge in [0.2, 0.25) is 0 Å². The Labute approximate surface area is 201 Å². The monoisotopic (exact) mass is 488 g/mol. The van der Waals surface area contributed by atoms with Gasteiger partial charge in [0.1, 0.15) is 0 Å². The number of hydrogen-bond donors (Lipinski definition) is 0. The van der Waals surface area contributed by atoms with Crippen LogP contribution in [0.3, 0.4) is 0 Å². The van der Waals surface area contributed by atoms with E-state index in [0.29, 0.717) is 35.8 Å². The van der Waals surface area contributed by atoms with Crippen molar-refractivity contribution in [3.63, 3.8) is 0 Å². The van der Waals surface area contributed by atoms with Gasteiger partial charge in [0.25, 0.3) is 5.91 Å². The average molecular weight is 489 g/mol.